The summed E-state index contributed by atoms with van der Waals surface area (Å²) < 4.78 is 51.1. The molecule has 13 nitrogen and oxygen atoms in total. The summed E-state index contributed by atoms with van der Waals surface area (Å²) in [7, 11) is 4.97. The van der Waals surface area contributed by atoms with E-state index in [2.05, 4.69) is 18.7 Å². The fraction of sp³-hybridized carbons (Fsp3) is 0.900. The number of methoxy groups -OCH3 is 2. The van der Waals surface area contributed by atoms with Crippen LogP contribution in [-0.4, -0.2) is 132 Å². The first kappa shape index (κ1) is 44.0. The summed E-state index contributed by atoms with van der Waals surface area (Å²) in [4.78, 5) is 30.8. The Bertz CT molecular complexity index is 1330. The van der Waals surface area contributed by atoms with E-state index in [4.69, 9.17) is 37.9 Å². The molecule has 1 unspecified atom stereocenters. The van der Waals surface area contributed by atoms with Crippen molar-refractivity contribution in [2.75, 3.05) is 21.3 Å². The molecule has 0 amide bonds. The third-order valence-electron chi connectivity index (χ3n) is 12.8. The smallest absolute Gasteiger partial charge is 0.311 e. The molecule has 0 aromatic carbocycles. The summed E-state index contributed by atoms with van der Waals surface area (Å²) in [5, 5.41) is 22.8. The van der Waals surface area contributed by atoms with Crippen LogP contribution in [0.2, 0.25) is 0 Å². The quantitative estimate of drug-likeness (QED) is 0.318. The van der Waals surface area contributed by atoms with Crippen LogP contribution < -0.4 is 0 Å². The van der Waals surface area contributed by atoms with Gasteiger partial charge in [-0.3, -0.25) is 14.5 Å². The summed E-state index contributed by atoms with van der Waals surface area (Å²) in [5.41, 5.74) is -2.66. The molecule has 0 saturated carbocycles. The number of ether oxygens (including phenoxy) is 8. The predicted octanol–water partition coefficient (Wildman–Crippen LogP) is 4.53. The van der Waals surface area contributed by atoms with Crippen molar-refractivity contribution in [2.45, 2.75) is 193 Å². The van der Waals surface area contributed by atoms with Crippen molar-refractivity contribution in [1.29, 1.82) is 0 Å². The number of hydrogen-bond donors (Lipinski definition) is 2. The first-order valence-corrected chi connectivity index (χ1v) is 19.5. The molecule has 0 spiro atoms. The first-order chi connectivity index (χ1) is 24.6. The number of hydrogen-bond acceptors (Lipinski definition) is 13. The van der Waals surface area contributed by atoms with E-state index in [0.717, 1.165) is 5.57 Å². The minimum atomic E-state index is -1.48. The fourth-order valence-electron chi connectivity index (χ4n) is 9.05. The lowest BCUT2D eigenvalue weighted by molar-refractivity contribution is -0.317. The van der Waals surface area contributed by atoms with Crippen LogP contribution in [0.15, 0.2) is 11.3 Å². The van der Waals surface area contributed by atoms with Crippen molar-refractivity contribution >= 4 is 11.8 Å². The van der Waals surface area contributed by atoms with Gasteiger partial charge < -0.3 is 48.1 Å². The van der Waals surface area contributed by atoms with E-state index in [-0.39, 0.29) is 30.4 Å². The van der Waals surface area contributed by atoms with Crippen molar-refractivity contribution in [3.05, 3.63) is 11.3 Å². The van der Waals surface area contributed by atoms with Crippen LogP contribution in [0.25, 0.3) is 0 Å². The lowest BCUT2D eigenvalue weighted by Gasteiger charge is -2.49. The molecule has 4 heterocycles. The number of likely N-dealkylation sites (N-methyl/N-ethyl adjacent to an activating group) is 1. The van der Waals surface area contributed by atoms with Crippen LogP contribution >= 0.6 is 0 Å². The van der Waals surface area contributed by atoms with Crippen LogP contribution in [-0.2, 0) is 47.5 Å². The second kappa shape index (κ2) is 16.8. The summed E-state index contributed by atoms with van der Waals surface area (Å²) in [6, 6.07) is -0.0782. The molecular formula is C40H69NO12. The van der Waals surface area contributed by atoms with E-state index < -0.39 is 89.7 Å². The van der Waals surface area contributed by atoms with Gasteiger partial charge in [0, 0.05) is 45.1 Å². The number of carbonyl (C=O) groups is 2. The van der Waals surface area contributed by atoms with Gasteiger partial charge in [-0.25, -0.2) is 0 Å². The molecule has 16 atom stereocenters. The van der Waals surface area contributed by atoms with Crippen molar-refractivity contribution in [1.82, 2.24) is 4.90 Å². The van der Waals surface area contributed by atoms with E-state index in [1.54, 1.807) is 34.6 Å². The van der Waals surface area contributed by atoms with Crippen LogP contribution in [0, 0.1) is 17.8 Å². The average Bonchev–Trinajstić information content (AvgIpc) is 3.43. The number of cyclic esters (lactones) is 1. The molecule has 4 rings (SSSR count). The highest BCUT2D eigenvalue weighted by Gasteiger charge is 2.56. The summed E-state index contributed by atoms with van der Waals surface area (Å²) in [6.07, 6.45) is -5.84. The Hall–Kier alpha value is -1.68. The molecule has 3 fully saturated rings. The monoisotopic (exact) mass is 755 g/mol. The molecule has 0 aliphatic carbocycles. The molecule has 2 N–H and O–H groups in total. The van der Waals surface area contributed by atoms with Gasteiger partial charge in [0.2, 0.25) is 0 Å². The molecule has 4 aliphatic rings. The first-order valence-electron chi connectivity index (χ1n) is 19.5. The van der Waals surface area contributed by atoms with Gasteiger partial charge in [0.25, 0.3) is 0 Å². The number of rotatable bonds is 9. The van der Waals surface area contributed by atoms with Gasteiger partial charge in [-0.15, -0.1) is 0 Å². The van der Waals surface area contributed by atoms with Gasteiger partial charge in [-0.05, 0) is 94.7 Å². The largest absolute Gasteiger partial charge is 0.488 e. The lowest BCUT2D eigenvalue weighted by atomic mass is 9.79. The molecule has 0 aromatic rings. The maximum absolute atomic E-state index is 14.4. The van der Waals surface area contributed by atoms with Gasteiger partial charge in [-0.1, -0.05) is 13.8 Å². The Morgan fingerprint density at radius 1 is 0.981 bits per heavy atom. The Morgan fingerprint density at radius 3 is 2.19 bits per heavy atom. The zero-order valence-electron chi connectivity index (χ0n) is 34.8. The fourth-order valence-corrected chi connectivity index (χ4v) is 9.05. The Morgan fingerprint density at radius 2 is 1.62 bits per heavy atom. The van der Waals surface area contributed by atoms with E-state index in [1.807, 2.05) is 41.7 Å². The van der Waals surface area contributed by atoms with Gasteiger partial charge in [-0.2, -0.15) is 0 Å². The summed E-state index contributed by atoms with van der Waals surface area (Å²) in [6.45, 7) is 22.5. The molecule has 13 heteroatoms. The maximum Gasteiger partial charge on any atom is 0.311 e. The highest BCUT2D eigenvalue weighted by Crippen LogP contribution is 2.47. The summed E-state index contributed by atoms with van der Waals surface area (Å²) >= 11 is 0. The van der Waals surface area contributed by atoms with Gasteiger partial charge in [0.1, 0.15) is 35.8 Å². The van der Waals surface area contributed by atoms with Gasteiger partial charge in [0.15, 0.2) is 24.0 Å². The van der Waals surface area contributed by atoms with E-state index >= 15 is 0 Å². The van der Waals surface area contributed by atoms with E-state index in [9.17, 15) is 19.8 Å². The minimum Gasteiger partial charge on any atom is -0.488 e. The SMILES string of the molecule is CC[C@@H]1OC(=O)[C@H](C)[C@@H](OC2C[C@@](C)(OC)[C@@H](O)[C@H](C)O2)[C@H](C)[C@@H](O[C@@H]2O[C@H](C)C[C@H](N(C)C(C)C)[C@H]2O)[C@@]2(C)CC(C)=C(O2)[C@@H](C)C(=O)[C@]1(C)OC. The Kier molecular flexibility index (Phi) is 14.0. The maximum atomic E-state index is 14.4. The molecule has 4 aliphatic heterocycles. The number of nitrogens with zero attached hydrogens (tertiary/aromatic N) is 1. The normalized spacial score (nSPS) is 46.1. The highest BCUT2D eigenvalue weighted by atomic mass is 16.7. The minimum absolute atomic E-state index is 0.164. The number of ketones is 1. The second-order valence-electron chi connectivity index (χ2n) is 17.1. The molecule has 0 aromatic heterocycles. The van der Waals surface area contributed by atoms with E-state index in [0.29, 0.717) is 25.0 Å². The average molecular weight is 756 g/mol. The third-order valence-corrected chi connectivity index (χ3v) is 12.8. The van der Waals surface area contributed by atoms with Crippen molar-refractivity contribution in [2.24, 2.45) is 17.8 Å². The Balaban J connectivity index is 1.86. The predicted molar refractivity (Wildman–Crippen MR) is 197 cm³/mol. The molecule has 3 saturated heterocycles. The summed E-state index contributed by atoms with van der Waals surface area (Å²) in [5.74, 6) is -2.59. The molecule has 0 radical (unpaired) electrons. The van der Waals surface area contributed by atoms with Crippen molar-refractivity contribution in [3.8, 4) is 0 Å². The highest BCUT2D eigenvalue weighted by molar-refractivity contribution is 5.92. The van der Waals surface area contributed by atoms with E-state index in [1.165, 1.54) is 14.2 Å². The Labute approximate surface area is 317 Å². The number of esters is 1. The third kappa shape index (κ3) is 8.54. The second-order valence-corrected chi connectivity index (χ2v) is 17.1. The number of aliphatic hydroxyl groups excluding tert-OH is 2. The molecule has 53 heavy (non-hydrogen) atoms. The number of Topliss-reactive ketones (excluding diaryl/α,β-unsaturated/α-hetero) is 1. The lowest BCUT2D eigenvalue weighted by Crippen LogP contribution is -2.61. The number of allylic oxidation sites excluding steroid dienone is 1. The zero-order valence-corrected chi connectivity index (χ0v) is 34.8. The van der Waals surface area contributed by atoms with Crippen LogP contribution in [0.3, 0.4) is 0 Å². The standard InChI is InChI=1S/C40H69NO12/c1-16-28-40(12,47-15)33(43)23(6)31-21(4)18-39(11,53-31)35(52-37-30(42)27(17-22(5)48-37)41(13)20(2)3)24(7)32(25(8)36(45)50-28)51-29-19-38(10,46-14)34(44)26(9)49-29/h20,22-30,32,34-35,37,42,44H,16-19H2,1-15H3/t22-,23-,24+,25-,26+,27+,28+,29?,30-,32+,34+,35-,37+,38-,39-,40-/m1/s1. The number of fused-ring (bicyclic) bond motifs is 2. The van der Waals surface area contributed by atoms with Crippen molar-refractivity contribution < 1.29 is 57.7 Å². The molecule has 2 bridgehead atoms. The zero-order chi connectivity index (χ0) is 40.0. The van der Waals surface area contributed by atoms with Crippen LogP contribution in [0.5, 0.6) is 0 Å². The molecule has 306 valence electrons. The van der Waals surface area contributed by atoms with Crippen LogP contribution in [0.1, 0.15) is 109 Å². The van der Waals surface area contributed by atoms with Gasteiger partial charge in [0.05, 0.1) is 35.7 Å². The number of aliphatic hydroxyl groups is 2. The van der Waals surface area contributed by atoms with Crippen molar-refractivity contribution in [3.63, 3.8) is 0 Å². The van der Waals surface area contributed by atoms with Gasteiger partial charge >= 0.3 is 5.97 Å². The topological polar surface area (TPSA) is 152 Å². The molecular weight excluding hydrogens is 686 g/mol. The van der Waals surface area contributed by atoms with Crippen LogP contribution in [0.4, 0.5) is 0 Å². The number of carbonyl (C=O) groups excluding carboxylic acids is 2.